The molecule has 3 rings (SSSR count). The molecule has 0 unspecified atom stereocenters. The van der Waals surface area contributed by atoms with E-state index in [0.29, 0.717) is 17.0 Å². The first-order valence-electron chi connectivity index (χ1n) is 10.2. The second-order valence-electron chi connectivity index (χ2n) is 7.29. The number of ketones is 1. The van der Waals surface area contributed by atoms with Crippen LogP contribution in [0.5, 0.6) is 0 Å². The predicted molar refractivity (Wildman–Crippen MR) is 120 cm³/mol. The smallest absolute Gasteiger partial charge is 0.338 e. The van der Waals surface area contributed by atoms with Crippen LogP contribution in [0.3, 0.4) is 0 Å². The summed E-state index contributed by atoms with van der Waals surface area (Å²) >= 11 is 0. The largest absolute Gasteiger partial charge is 0.452 e. The van der Waals surface area contributed by atoms with E-state index in [9.17, 15) is 14.4 Å². The van der Waals surface area contributed by atoms with Gasteiger partial charge < -0.3 is 10.1 Å². The predicted octanol–water partition coefficient (Wildman–Crippen LogP) is 5.23. The molecule has 5 nitrogen and oxygen atoms in total. The minimum absolute atomic E-state index is 0.125. The number of carbonyl (C=O) groups is 3. The molecule has 0 aliphatic carbocycles. The van der Waals surface area contributed by atoms with E-state index in [2.05, 4.69) is 19.2 Å². The fourth-order valence-electron chi connectivity index (χ4n) is 3.18. The molecule has 0 spiro atoms. The molecule has 1 amide bonds. The highest BCUT2D eigenvalue weighted by molar-refractivity contribution is 6.09. The van der Waals surface area contributed by atoms with E-state index in [1.807, 2.05) is 30.3 Å². The van der Waals surface area contributed by atoms with Gasteiger partial charge in [-0.25, -0.2) is 4.79 Å². The van der Waals surface area contributed by atoms with Gasteiger partial charge in [-0.3, -0.25) is 9.59 Å². The summed E-state index contributed by atoms with van der Waals surface area (Å²) in [5.74, 6) is -0.847. The van der Waals surface area contributed by atoms with Crippen molar-refractivity contribution in [1.29, 1.82) is 0 Å². The van der Waals surface area contributed by atoms with E-state index in [1.165, 1.54) is 12.1 Å². The molecule has 158 valence electrons. The number of anilines is 1. The Morgan fingerprint density at radius 2 is 1.39 bits per heavy atom. The van der Waals surface area contributed by atoms with Crippen molar-refractivity contribution in [3.05, 3.63) is 101 Å². The van der Waals surface area contributed by atoms with Gasteiger partial charge in [-0.05, 0) is 36.1 Å². The van der Waals surface area contributed by atoms with Crippen molar-refractivity contribution in [2.45, 2.75) is 26.2 Å². The number of esters is 1. The van der Waals surface area contributed by atoms with Crippen LogP contribution >= 0.6 is 0 Å². The van der Waals surface area contributed by atoms with E-state index < -0.39 is 18.5 Å². The summed E-state index contributed by atoms with van der Waals surface area (Å²) < 4.78 is 5.14. The third kappa shape index (κ3) is 5.66. The van der Waals surface area contributed by atoms with Crippen LogP contribution in [0.2, 0.25) is 0 Å². The van der Waals surface area contributed by atoms with Crippen LogP contribution < -0.4 is 5.32 Å². The first-order valence-corrected chi connectivity index (χ1v) is 10.2. The van der Waals surface area contributed by atoms with E-state index in [1.54, 1.807) is 36.4 Å². The number of hydrogen-bond acceptors (Lipinski definition) is 4. The molecule has 0 radical (unpaired) electrons. The second kappa shape index (κ2) is 10.3. The molecule has 0 aromatic heterocycles. The molecule has 0 aliphatic rings. The molecule has 3 aromatic carbocycles. The maximum Gasteiger partial charge on any atom is 0.338 e. The van der Waals surface area contributed by atoms with Crippen molar-refractivity contribution in [3.8, 4) is 0 Å². The summed E-state index contributed by atoms with van der Waals surface area (Å²) in [5, 5.41) is 2.81. The van der Waals surface area contributed by atoms with Gasteiger partial charge >= 0.3 is 5.97 Å². The van der Waals surface area contributed by atoms with Crippen molar-refractivity contribution < 1.29 is 19.1 Å². The molecule has 0 heterocycles. The van der Waals surface area contributed by atoms with Crippen molar-refractivity contribution in [2.75, 3.05) is 11.9 Å². The van der Waals surface area contributed by atoms with Crippen LogP contribution in [0, 0.1) is 0 Å². The standard InChI is InChI=1S/C26H25NO4/c1-3-18(2)22-11-7-8-12-23(22)27-24(28)17-31-26(30)21-15-13-20(14-16-21)25(29)19-9-5-4-6-10-19/h4-16,18H,3,17H2,1-2H3,(H,27,28)/t18-/m1/s1. The Morgan fingerprint density at radius 1 is 0.806 bits per heavy atom. The lowest BCUT2D eigenvalue weighted by Gasteiger charge is -2.15. The molecule has 0 saturated carbocycles. The third-order valence-corrected chi connectivity index (χ3v) is 5.13. The SMILES string of the molecule is CC[C@@H](C)c1ccccc1NC(=O)COC(=O)c1ccc(C(=O)c2ccccc2)cc1. The fraction of sp³-hybridized carbons (Fsp3) is 0.192. The summed E-state index contributed by atoms with van der Waals surface area (Å²) in [5.41, 5.74) is 3.09. The van der Waals surface area contributed by atoms with Crippen LogP contribution in [-0.4, -0.2) is 24.3 Å². The number of ether oxygens (including phenoxy) is 1. The van der Waals surface area contributed by atoms with E-state index in [-0.39, 0.29) is 11.3 Å². The Balaban J connectivity index is 1.57. The molecule has 1 N–H and O–H groups in total. The lowest BCUT2D eigenvalue weighted by Crippen LogP contribution is -2.21. The minimum atomic E-state index is -0.621. The summed E-state index contributed by atoms with van der Waals surface area (Å²) in [7, 11) is 0. The zero-order valence-corrected chi connectivity index (χ0v) is 17.6. The third-order valence-electron chi connectivity index (χ3n) is 5.13. The minimum Gasteiger partial charge on any atom is -0.452 e. The van der Waals surface area contributed by atoms with Crippen LogP contribution in [0.25, 0.3) is 0 Å². The molecule has 0 fully saturated rings. The zero-order valence-electron chi connectivity index (χ0n) is 17.6. The Labute approximate surface area is 182 Å². The highest BCUT2D eigenvalue weighted by atomic mass is 16.5. The van der Waals surface area contributed by atoms with E-state index in [0.717, 1.165) is 17.7 Å². The van der Waals surface area contributed by atoms with E-state index >= 15 is 0 Å². The van der Waals surface area contributed by atoms with Crippen molar-refractivity contribution in [3.63, 3.8) is 0 Å². The Bertz CT molecular complexity index is 1060. The number of benzene rings is 3. The second-order valence-corrected chi connectivity index (χ2v) is 7.29. The van der Waals surface area contributed by atoms with Crippen LogP contribution in [0.4, 0.5) is 5.69 Å². The van der Waals surface area contributed by atoms with Gasteiger partial charge in [-0.2, -0.15) is 0 Å². The van der Waals surface area contributed by atoms with Gasteiger partial charge in [0.2, 0.25) is 0 Å². The summed E-state index contributed by atoms with van der Waals surface area (Å²) in [6.45, 7) is 3.79. The number of amides is 1. The first kappa shape index (κ1) is 22.0. The van der Waals surface area contributed by atoms with Gasteiger partial charge in [0.1, 0.15) is 0 Å². The van der Waals surface area contributed by atoms with Crippen LogP contribution in [-0.2, 0) is 9.53 Å². The molecule has 1 atom stereocenters. The monoisotopic (exact) mass is 415 g/mol. The molecular formula is C26H25NO4. The fourth-order valence-corrected chi connectivity index (χ4v) is 3.18. The zero-order chi connectivity index (χ0) is 22.2. The van der Waals surface area contributed by atoms with Gasteiger partial charge in [-0.15, -0.1) is 0 Å². The van der Waals surface area contributed by atoms with Gasteiger partial charge in [0.05, 0.1) is 5.56 Å². The summed E-state index contributed by atoms with van der Waals surface area (Å²) in [4.78, 5) is 37.0. The Hall–Kier alpha value is -3.73. The topological polar surface area (TPSA) is 72.5 Å². The van der Waals surface area contributed by atoms with Crippen molar-refractivity contribution in [1.82, 2.24) is 0 Å². The van der Waals surface area contributed by atoms with Crippen LogP contribution in [0.1, 0.15) is 58.0 Å². The molecule has 0 saturated heterocycles. The molecule has 0 bridgehead atoms. The first-order chi connectivity index (χ1) is 15.0. The van der Waals surface area contributed by atoms with Gasteiger partial charge in [0, 0.05) is 16.8 Å². The number of rotatable bonds is 8. The Kier molecular flexibility index (Phi) is 7.33. The molecule has 0 aliphatic heterocycles. The highest BCUT2D eigenvalue weighted by Gasteiger charge is 2.15. The average Bonchev–Trinajstić information content (AvgIpc) is 2.82. The summed E-state index contributed by atoms with van der Waals surface area (Å²) in [6, 6.07) is 22.7. The van der Waals surface area contributed by atoms with Crippen molar-refractivity contribution >= 4 is 23.3 Å². The van der Waals surface area contributed by atoms with Crippen molar-refractivity contribution in [2.24, 2.45) is 0 Å². The number of nitrogens with one attached hydrogen (secondary N) is 1. The maximum absolute atomic E-state index is 12.4. The maximum atomic E-state index is 12.4. The number of para-hydroxylation sites is 1. The normalized spacial score (nSPS) is 11.4. The summed E-state index contributed by atoms with van der Waals surface area (Å²) in [6.07, 6.45) is 0.949. The molecule has 5 heteroatoms. The Morgan fingerprint density at radius 3 is 2.06 bits per heavy atom. The van der Waals surface area contributed by atoms with Crippen LogP contribution in [0.15, 0.2) is 78.9 Å². The average molecular weight is 415 g/mol. The molecule has 31 heavy (non-hydrogen) atoms. The van der Waals surface area contributed by atoms with Gasteiger partial charge in [0.25, 0.3) is 5.91 Å². The van der Waals surface area contributed by atoms with E-state index in [4.69, 9.17) is 4.74 Å². The molecule has 3 aromatic rings. The quantitative estimate of drug-likeness (QED) is 0.404. The van der Waals surface area contributed by atoms with Gasteiger partial charge in [-0.1, -0.05) is 74.5 Å². The highest BCUT2D eigenvalue weighted by Crippen LogP contribution is 2.26. The van der Waals surface area contributed by atoms with Gasteiger partial charge in [0.15, 0.2) is 12.4 Å². The lowest BCUT2D eigenvalue weighted by molar-refractivity contribution is -0.119. The molecular weight excluding hydrogens is 390 g/mol. The number of hydrogen-bond donors (Lipinski definition) is 1. The lowest BCUT2D eigenvalue weighted by atomic mass is 9.97. The number of carbonyl (C=O) groups excluding carboxylic acids is 3.